The molecule has 5 atom stereocenters. The van der Waals surface area contributed by atoms with Gasteiger partial charge in [-0.15, -0.1) is 0 Å². The van der Waals surface area contributed by atoms with Crippen molar-refractivity contribution in [3.05, 3.63) is 104 Å². The van der Waals surface area contributed by atoms with Crippen molar-refractivity contribution >= 4 is 11.6 Å². The summed E-state index contributed by atoms with van der Waals surface area (Å²) in [6.45, 7) is -0.487. The molecule has 4 rings (SSSR count). The molecule has 2 heterocycles. The average molecular weight is 496 g/mol. The van der Waals surface area contributed by atoms with Crippen LogP contribution in [0.1, 0.15) is 33.9 Å². The van der Waals surface area contributed by atoms with Crippen molar-refractivity contribution < 1.29 is 25.2 Å². The van der Waals surface area contributed by atoms with Gasteiger partial charge in [0.15, 0.2) is 0 Å². The van der Waals surface area contributed by atoms with Crippen LogP contribution < -0.4 is 5.56 Å². The van der Waals surface area contributed by atoms with E-state index in [0.717, 1.165) is 22.3 Å². The molecule has 0 aliphatic carbocycles. The van der Waals surface area contributed by atoms with E-state index in [9.17, 15) is 25.2 Å². The summed E-state index contributed by atoms with van der Waals surface area (Å²) in [5.41, 5.74) is 3.85. The quantitative estimate of drug-likeness (QED) is 0.409. The second-order valence-electron chi connectivity index (χ2n) is 8.59. The number of hydrogen-bond acceptors (Lipinski definition) is 6. The molecule has 3 aromatic rings. The molecule has 0 radical (unpaired) electrons. The first-order valence-electron chi connectivity index (χ1n) is 11.1. The Hall–Kier alpha value is -2.96. The molecule has 1 aromatic heterocycles. The summed E-state index contributed by atoms with van der Waals surface area (Å²) in [6, 6.07) is 16.0. The molecule has 1 fully saturated rings. The molecule has 35 heavy (non-hydrogen) atoms. The zero-order valence-electron chi connectivity index (χ0n) is 19.0. The molecule has 1 saturated heterocycles. The summed E-state index contributed by atoms with van der Waals surface area (Å²) >= 11 is 6.42. The van der Waals surface area contributed by atoms with Crippen molar-refractivity contribution in [3.8, 4) is 11.8 Å². The SMILES string of the molecule is Cn1cc(C#Cc2ccc(Cc3cc([C@@H]4O[C@H](CO)[C@@H](O)[C@H](O)[C@H]4O)ccc3Cl)cc2)ccc1=O. The van der Waals surface area contributed by atoms with Crippen LogP contribution in [0.15, 0.2) is 65.6 Å². The predicted octanol–water partition coefficient (Wildman–Crippen LogP) is 1.54. The molecule has 1 aliphatic heterocycles. The average Bonchev–Trinajstić information content (AvgIpc) is 2.86. The molecule has 0 amide bonds. The standard InChI is InChI=1S/C27H26ClNO6/c1-29-14-18(8-11-23(29)31)7-4-16-2-5-17(6-3-16)12-20-13-19(9-10-21(20)28)27-26(34)25(33)24(32)22(15-30)35-27/h2-3,5-6,8-11,13-14,22,24-27,30,32-34H,12,15H2,1H3/t22-,24-,25+,26-,27+/m1/s1. The van der Waals surface area contributed by atoms with Crippen LogP contribution in [0.25, 0.3) is 0 Å². The van der Waals surface area contributed by atoms with Crippen molar-refractivity contribution in [1.29, 1.82) is 0 Å². The summed E-state index contributed by atoms with van der Waals surface area (Å²) in [5, 5.41) is 40.6. The van der Waals surface area contributed by atoms with Gasteiger partial charge in [0.1, 0.15) is 30.5 Å². The van der Waals surface area contributed by atoms with E-state index in [-0.39, 0.29) is 5.56 Å². The zero-order valence-corrected chi connectivity index (χ0v) is 19.8. The highest BCUT2D eigenvalue weighted by Gasteiger charge is 2.44. The summed E-state index contributed by atoms with van der Waals surface area (Å²) in [7, 11) is 1.68. The van der Waals surface area contributed by atoms with Crippen molar-refractivity contribution in [2.45, 2.75) is 36.9 Å². The van der Waals surface area contributed by atoms with Crippen LogP contribution in [0.5, 0.6) is 0 Å². The van der Waals surface area contributed by atoms with Gasteiger partial charge >= 0.3 is 0 Å². The molecule has 2 aromatic carbocycles. The number of nitrogens with zero attached hydrogens (tertiary/aromatic N) is 1. The van der Waals surface area contributed by atoms with Gasteiger partial charge in [-0.2, -0.15) is 0 Å². The van der Waals surface area contributed by atoms with E-state index in [0.29, 0.717) is 17.0 Å². The minimum absolute atomic E-state index is 0.0887. The Labute approximate surface area is 207 Å². The third kappa shape index (κ3) is 5.65. The Morgan fingerprint density at radius 2 is 1.63 bits per heavy atom. The molecule has 0 saturated carbocycles. The molecule has 1 aliphatic rings. The summed E-state index contributed by atoms with van der Waals surface area (Å²) in [6.07, 6.45) is -3.91. The Morgan fingerprint density at radius 1 is 0.943 bits per heavy atom. The monoisotopic (exact) mass is 495 g/mol. The van der Waals surface area contributed by atoms with E-state index in [4.69, 9.17) is 16.3 Å². The number of aliphatic hydroxyl groups excluding tert-OH is 4. The maximum Gasteiger partial charge on any atom is 0.250 e. The molecule has 0 bridgehead atoms. The van der Waals surface area contributed by atoms with Gasteiger partial charge in [-0.05, 0) is 47.4 Å². The Kier molecular flexibility index (Phi) is 7.72. The van der Waals surface area contributed by atoms with E-state index in [1.807, 2.05) is 24.3 Å². The van der Waals surface area contributed by atoms with Crippen LogP contribution in [-0.4, -0.2) is 56.0 Å². The third-order valence-corrected chi connectivity index (χ3v) is 6.44. The van der Waals surface area contributed by atoms with Crippen molar-refractivity contribution in [3.63, 3.8) is 0 Å². The molecule has 8 heteroatoms. The maximum atomic E-state index is 11.5. The highest BCUT2D eigenvalue weighted by molar-refractivity contribution is 6.31. The number of aliphatic hydroxyl groups is 4. The molecule has 0 spiro atoms. The molecular formula is C27H26ClNO6. The number of pyridine rings is 1. The largest absolute Gasteiger partial charge is 0.394 e. The van der Waals surface area contributed by atoms with E-state index >= 15 is 0 Å². The maximum absolute atomic E-state index is 11.5. The van der Waals surface area contributed by atoms with E-state index in [1.54, 1.807) is 37.5 Å². The third-order valence-electron chi connectivity index (χ3n) is 6.08. The van der Waals surface area contributed by atoms with Crippen molar-refractivity contribution in [1.82, 2.24) is 4.57 Å². The Bertz CT molecular complexity index is 1310. The topological polar surface area (TPSA) is 112 Å². The van der Waals surface area contributed by atoms with Gasteiger partial charge in [-0.3, -0.25) is 4.79 Å². The van der Waals surface area contributed by atoms with Crippen LogP contribution in [0, 0.1) is 11.8 Å². The number of aromatic nitrogens is 1. The van der Waals surface area contributed by atoms with E-state index in [1.165, 1.54) is 10.6 Å². The lowest BCUT2D eigenvalue weighted by molar-refractivity contribution is -0.231. The van der Waals surface area contributed by atoms with Gasteiger partial charge in [-0.1, -0.05) is 47.7 Å². The van der Waals surface area contributed by atoms with Gasteiger partial charge in [0.05, 0.1) is 6.61 Å². The predicted molar refractivity (Wildman–Crippen MR) is 131 cm³/mol. The summed E-state index contributed by atoms with van der Waals surface area (Å²) in [5.74, 6) is 6.13. The zero-order chi connectivity index (χ0) is 25.1. The number of aryl methyl sites for hydroxylation is 1. The molecule has 182 valence electrons. The lowest BCUT2D eigenvalue weighted by Crippen LogP contribution is -2.55. The van der Waals surface area contributed by atoms with Crippen LogP contribution in [0.4, 0.5) is 0 Å². The smallest absolute Gasteiger partial charge is 0.250 e. The van der Waals surface area contributed by atoms with Crippen LogP contribution >= 0.6 is 11.6 Å². The fraction of sp³-hybridized carbons (Fsp3) is 0.296. The fourth-order valence-electron chi connectivity index (χ4n) is 4.02. The van der Waals surface area contributed by atoms with Gasteiger partial charge in [0, 0.05) is 35.5 Å². The number of halogens is 1. The second kappa shape index (κ2) is 10.8. The van der Waals surface area contributed by atoms with Crippen LogP contribution in [0.3, 0.4) is 0 Å². The minimum atomic E-state index is -1.44. The lowest BCUT2D eigenvalue weighted by Gasteiger charge is -2.40. The number of benzene rings is 2. The lowest BCUT2D eigenvalue weighted by atomic mass is 9.90. The summed E-state index contributed by atoms with van der Waals surface area (Å²) < 4.78 is 7.15. The normalized spacial score (nSPS) is 24.0. The van der Waals surface area contributed by atoms with Gasteiger partial charge in [0.25, 0.3) is 0 Å². The Balaban J connectivity index is 1.51. The molecule has 7 nitrogen and oxygen atoms in total. The fourth-order valence-corrected chi connectivity index (χ4v) is 4.21. The summed E-state index contributed by atoms with van der Waals surface area (Å²) in [4.78, 5) is 11.5. The number of rotatable bonds is 4. The van der Waals surface area contributed by atoms with Gasteiger partial charge in [0.2, 0.25) is 5.56 Å². The first-order chi connectivity index (χ1) is 16.8. The van der Waals surface area contributed by atoms with E-state index in [2.05, 4.69) is 11.8 Å². The van der Waals surface area contributed by atoms with Crippen molar-refractivity contribution in [2.24, 2.45) is 7.05 Å². The second-order valence-corrected chi connectivity index (χ2v) is 9.00. The highest BCUT2D eigenvalue weighted by Crippen LogP contribution is 2.34. The molecule has 0 unspecified atom stereocenters. The highest BCUT2D eigenvalue weighted by atomic mass is 35.5. The first-order valence-corrected chi connectivity index (χ1v) is 11.5. The van der Waals surface area contributed by atoms with Crippen molar-refractivity contribution in [2.75, 3.05) is 6.61 Å². The number of ether oxygens (including phenoxy) is 1. The van der Waals surface area contributed by atoms with E-state index < -0.39 is 37.1 Å². The van der Waals surface area contributed by atoms with Crippen LogP contribution in [-0.2, 0) is 18.2 Å². The molecular weight excluding hydrogens is 470 g/mol. The van der Waals surface area contributed by atoms with Gasteiger partial charge < -0.3 is 29.7 Å². The number of hydrogen-bond donors (Lipinski definition) is 4. The minimum Gasteiger partial charge on any atom is -0.394 e. The van der Waals surface area contributed by atoms with Crippen LogP contribution in [0.2, 0.25) is 5.02 Å². The van der Waals surface area contributed by atoms with Gasteiger partial charge in [-0.25, -0.2) is 0 Å². The Morgan fingerprint density at radius 3 is 2.31 bits per heavy atom. The molecule has 4 N–H and O–H groups in total. The first kappa shape index (κ1) is 25.1.